The minimum absolute atomic E-state index is 0.246. The Balaban J connectivity index is 2.77. The molecule has 1 nitrogen and oxygen atoms in total. The number of pyridine rings is 1. The van der Waals surface area contributed by atoms with Gasteiger partial charge in [-0.05, 0) is 40.5 Å². The van der Waals surface area contributed by atoms with Gasteiger partial charge in [0.25, 0.3) is 6.43 Å². The van der Waals surface area contributed by atoms with Crippen molar-refractivity contribution in [2.24, 2.45) is 0 Å². The Morgan fingerprint density at radius 3 is 2.56 bits per heavy atom. The number of fused-ring (bicyclic) bond motifs is 1. The van der Waals surface area contributed by atoms with Gasteiger partial charge in [0, 0.05) is 11.5 Å². The minimum Gasteiger partial charge on any atom is -0.247 e. The lowest BCUT2D eigenvalue weighted by Gasteiger charge is -2.06. The van der Waals surface area contributed by atoms with Crippen molar-refractivity contribution in [3.05, 3.63) is 39.7 Å². The van der Waals surface area contributed by atoms with Crippen molar-refractivity contribution in [2.75, 3.05) is 0 Å². The molecule has 0 aliphatic heterocycles. The molecule has 1 heterocycles. The van der Waals surface area contributed by atoms with Gasteiger partial charge >= 0.3 is 0 Å². The maximum absolute atomic E-state index is 13.2. The van der Waals surface area contributed by atoms with Gasteiger partial charge in [0.1, 0.15) is 11.5 Å². The maximum atomic E-state index is 13.2. The monoisotopic (exact) mass is 289 g/mol. The zero-order valence-corrected chi connectivity index (χ0v) is 9.85. The highest BCUT2D eigenvalue weighted by Gasteiger charge is 2.13. The third-order valence-corrected chi connectivity index (χ3v) is 2.91. The third kappa shape index (κ3) is 1.91. The Bertz CT molecular complexity index is 554. The van der Waals surface area contributed by atoms with Gasteiger partial charge in [0.05, 0.1) is 9.99 Å². The van der Waals surface area contributed by atoms with E-state index in [2.05, 4.69) is 20.9 Å². The van der Waals surface area contributed by atoms with Crippen molar-refractivity contribution >= 4 is 26.8 Å². The first-order chi connectivity index (χ1) is 7.49. The quantitative estimate of drug-likeness (QED) is 0.759. The second-order valence-electron chi connectivity index (χ2n) is 3.45. The van der Waals surface area contributed by atoms with Crippen LogP contribution in [0.5, 0.6) is 0 Å². The Labute approximate surface area is 98.4 Å². The van der Waals surface area contributed by atoms with Crippen molar-refractivity contribution in [2.45, 2.75) is 13.3 Å². The fraction of sp³-hybridized carbons (Fsp3) is 0.182. The van der Waals surface area contributed by atoms with Gasteiger partial charge in [0.15, 0.2) is 0 Å². The van der Waals surface area contributed by atoms with Crippen molar-refractivity contribution < 1.29 is 13.2 Å². The molecule has 1 aromatic heterocycles. The smallest absolute Gasteiger partial charge is 0.247 e. The van der Waals surface area contributed by atoms with Crippen LogP contribution in [0.4, 0.5) is 13.2 Å². The molecule has 0 radical (unpaired) electrons. The van der Waals surface area contributed by atoms with E-state index >= 15 is 0 Å². The number of halogens is 4. The molecule has 0 aliphatic rings. The van der Waals surface area contributed by atoms with Gasteiger partial charge in [0.2, 0.25) is 0 Å². The van der Waals surface area contributed by atoms with Crippen molar-refractivity contribution in [3.63, 3.8) is 0 Å². The number of nitrogens with zero attached hydrogens (tertiary/aromatic N) is 1. The van der Waals surface area contributed by atoms with Crippen LogP contribution in [0.2, 0.25) is 0 Å². The second-order valence-corrected chi connectivity index (χ2v) is 4.30. The largest absolute Gasteiger partial charge is 0.280 e. The van der Waals surface area contributed by atoms with Crippen molar-refractivity contribution in [3.8, 4) is 0 Å². The average molecular weight is 290 g/mol. The van der Waals surface area contributed by atoms with E-state index in [-0.39, 0.29) is 11.2 Å². The van der Waals surface area contributed by atoms with Crippen LogP contribution >= 0.6 is 15.9 Å². The lowest BCUT2D eigenvalue weighted by molar-refractivity contribution is 0.146. The lowest BCUT2D eigenvalue weighted by atomic mass is 10.1. The van der Waals surface area contributed by atoms with E-state index in [1.165, 1.54) is 6.07 Å². The number of rotatable bonds is 1. The standard InChI is InChI=1S/C11H7BrF3N/c1-5-2-10(11(14)15)16-9-4-8(13)7(12)3-6(5)9/h2-4,11H,1H3. The van der Waals surface area contributed by atoms with Crippen LogP contribution in [-0.4, -0.2) is 4.98 Å². The van der Waals surface area contributed by atoms with Gasteiger partial charge in [-0.15, -0.1) is 0 Å². The molecule has 0 fully saturated rings. The van der Waals surface area contributed by atoms with Crippen LogP contribution < -0.4 is 0 Å². The first kappa shape index (κ1) is 11.4. The van der Waals surface area contributed by atoms with Crippen LogP contribution in [-0.2, 0) is 0 Å². The average Bonchev–Trinajstić information content (AvgIpc) is 2.20. The first-order valence-corrected chi connectivity index (χ1v) is 5.33. The van der Waals surface area contributed by atoms with Crippen LogP contribution in [0.3, 0.4) is 0 Å². The summed E-state index contributed by atoms with van der Waals surface area (Å²) < 4.78 is 38.5. The van der Waals surface area contributed by atoms with Gasteiger partial charge in [-0.1, -0.05) is 0 Å². The Kier molecular flexibility index (Phi) is 2.88. The van der Waals surface area contributed by atoms with Crippen LogP contribution in [0.25, 0.3) is 10.9 Å². The molecule has 0 saturated carbocycles. The summed E-state index contributed by atoms with van der Waals surface area (Å²) in [5.41, 5.74) is 0.573. The first-order valence-electron chi connectivity index (χ1n) is 4.53. The summed E-state index contributed by atoms with van der Waals surface area (Å²) in [6, 6.07) is 4.01. The number of benzene rings is 1. The molecular weight excluding hydrogens is 283 g/mol. The molecule has 5 heteroatoms. The van der Waals surface area contributed by atoms with E-state index in [0.29, 0.717) is 15.4 Å². The van der Waals surface area contributed by atoms with Gasteiger partial charge < -0.3 is 0 Å². The van der Waals surface area contributed by atoms with E-state index in [1.54, 1.807) is 13.0 Å². The van der Waals surface area contributed by atoms with Crippen molar-refractivity contribution in [1.29, 1.82) is 0 Å². The SMILES string of the molecule is Cc1cc(C(F)F)nc2cc(F)c(Br)cc12. The zero-order valence-electron chi connectivity index (χ0n) is 8.27. The summed E-state index contributed by atoms with van der Waals surface area (Å²) >= 11 is 3.05. The molecular formula is C11H7BrF3N. The van der Waals surface area contributed by atoms with E-state index in [9.17, 15) is 13.2 Å². The normalized spacial score (nSPS) is 11.4. The highest BCUT2D eigenvalue weighted by molar-refractivity contribution is 9.10. The molecule has 0 aliphatic carbocycles. The number of aromatic nitrogens is 1. The van der Waals surface area contributed by atoms with E-state index in [0.717, 1.165) is 6.07 Å². The predicted octanol–water partition coefficient (Wildman–Crippen LogP) is 4.38. The number of hydrogen-bond donors (Lipinski definition) is 0. The van der Waals surface area contributed by atoms with E-state index in [4.69, 9.17) is 0 Å². The third-order valence-electron chi connectivity index (χ3n) is 2.30. The summed E-state index contributed by atoms with van der Waals surface area (Å²) in [6.07, 6.45) is -2.64. The summed E-state index contributed by atoms with van der Waals surface area (Å²) in [4.78, 5) is 3.73. The van der Waals surface area contributed by atoms with Crippen LogP contribution in [0, 0.1) is 12.7 Å². The lowest BCUT2D eigenvalue weighted by Crippen LogP contribution is -1.94. The highest BCUT2D eigenvalue weighted by atomic mass is 79.9. The summed E-state index contributed by atoms with van der Waals surface area (Å²) in [7, 11) is 0. The molecule has 0 bridgehead atoms. The van der Waals surface area contributed by atoms with Crippen LogP contribution in [0.1, 0.15) is 17.7 Å². The molecule has 1 aromatic carbocycles. The Hall–Kier alpha value is -1.10. The molecule has 84 valence electrons. The molecule has 0 N–H and O–H groups in total. The highest BCUT2D eigenvalue weighted by Crippen LogP contribution is 2.27. The Morgan fingerprint density at radius 2 is 1.94 bits per heavy atom. The zero-order chi connectivity index (χ0) is 11.9. The van der Waals surface area contributed by atoms with Gasteiger partial charge in [-0.2, -0.15) is 0 Å². The molecule has 2 rings (SSSR count). The van der Waals surface area contributed by atoms with Gasteiger partial charge in [-0.25, -0.2) is 18.2 Å². The maximum Gasteiger partial charge on any atom is 0.280 e. The number of hydrogen-bond acceptors (Lipinski definition) is 1. The predicted molar refractivity (Wildman–Crippen MR) is 59.1 cm³/mol. The number of alkyl halides is 2. The summed E-state index contributed by atoms with van der Waals surface area (Å²) in [5, 5.41) is 0.665. The summed E-state index contributed by atoms with van der Waals surface area (Å²) in [5.74, 6) is -0.509. The molecule has 2 aromatic rings. The van der Waals surface area contributed by atoms with Crippen LogP contribution in [0.15, 0.2) is 22.7 Å². The molecule has 0 amide bonds. The molecule has 0 saturated heterocycles. The Morgan fingerprint density at radius 1 is 1.25 bits per heavy atom. The van der Waals surface area contributed by atoms with E-state index in [1.807, 2.05) is 0 Å². The molecule has 0 unspecified atom stereocenters. The molecule has 0 spiro atoms. The fourth-order valence-electron chi connectivity index (χ4n) is 1.53. The number of aryl methyl sites for hydroxylation is 1. The van der Waals surface area contributed by atoms with E-state index < -0.39 is 12.2 Å². The van der Waals surface area contributed by atoms with Crippen molar-refractivity contribution in [1.82, 2.24) is 4.98 Å². The molecule has 0 atom stereocenters. The minimum atomic E-state index is -2.64. The topological polar surface area (TPSA) is 12.9 Å². The van der Waals surface area contributed by atoms with Gasteiger partial charge in [-0.3, -0.25) is 0 Å². The summed E-state index contributed by atoms with van der Waals surface area (Å²) in [6.45, 7) is 1.69. The second kappa shape index (κ2) is 4.05. The molecule has 16 heavy (non-hydrogen) atoms. The fourth-order valence-corrected chi connectivity index (χ4v) is 1.87.